The number of aromatic nitrogens is 1. The molecule has 0 bridgehead atoms. The Labute approximate surface area is 188 Å². The van der Waals surface area contributed by atoms with E-state index in [4.69, 9.17) is 11.0 Å². The van der Waals surface area contributed by atoms with Crippen LogP contribution in [-0.4, -0.2) is 0 Å². The molecule has 0 N–H and O–H groups in total. The summed E-state index contributed by atoms with van der Waals surface area (Å²) in [5.74, 6) is 0.477. The van der Waals surface area contributed by atoms with Crippen molar-refractivity contribution in [1.29, 1.82) is 0 Å². The van der Waals surface area contributed by atoms with E-state index in [1.807, 2.05) is 18.2 Å². The third-order valence-electron chi connectivity index (χ3n) is 6.26. The van der Waals surface area contributed by atoms with Crippen molar-refractivity contribution >= 4 is 27.6 Å². The molecule has 0 atom stereocenters. The smallest absolute Gasteiger partial charge is 0.216 e. The maximum atomic E-state index is 7.62. The minimum atomic E-state index is 0.477. The molecule has 3 aromatic carbocycles. The second-order valence-electron chi connectivity index (χ2n) is 8.69. The molecule has 5 aromatic rings. The van der Waals surface area contributed by atoms with E-state index < -0.39 is 0 Å². The van der Waals surface area contributed by atoms with E-state index in [1.165, 1.54) is 5.56 Å². The van der Waals surface area contributed by atoms with Crippen LogP contribution < -0.4 is 4.57 Å². The highest BCUT2D eigenvalue weighted by molar-refractivity contribution is 6.16. The highest BCUT2D eigenvalue weighted by atomic mass is 16.3. The van der Waals surface area contributed by atoms with Crippen molar-refractivity contribution in [3.63, 3.8) is 0 Å². The summed E-state index contributed by atoms with van der Waals surface area (Å²) in [6, 6.07) is 23.0. The van der Waals surface area contributed by atoms with Crippen LogP contribution in [0.3, 0.4) is 0 Å². The second-order valence-corrected chi connectivity index (χ2v) is 8.69. The van der Waals surface area contributed by atoms with E-state index in [9.17, 15) is 0 Å². The highest BCUT2D eigenvalue weighted by Gasteiger charge is 2.22. The van der Waals surface area contributed by atoms with Crippen LogP contribution >= 0.6 is 0 Å². The van der Waals surface area contributed by atoms with Crippen molar-refractivity contribution in [3.05, 3.63) is 95.5 Å². The molecule has 0 spiro atoms. The molecule has 3 nitrogen and oxygen atoms in total. The lowest BCUT2D eigenvalue weighted by molar-refractivity contribution is -0.660. The molecule has 0 aliphatic carbocycles. The fraction of sp³-hybridized carbons (Fsp3) is 0.172. The Morgan fingerprint density at radius 1 is 0.969 bits per heavy atom. The first kappa shape index (κ1) is 20.0. The van der Waals surface area contributed by atoms with Gasteiger partial charge in [0.25, 0.3) is 0 Å². The number of benzene rings is 3. The molecular weight excluding hydrogens is 392 g/mol. The maximum Gasteiger partial charge on any atom is 0.216 e. The van der Waals surface area contributed by atoms with E-state index in [0.717, 1.165) is 49.9 Å². The van der Waals surface area contributed by atoms with Gasteiger partial charge in [0.15, 0.2) is 11.9 Å². The zero-order valence-electron chi connectivity index (χ0n) is 18.8. The molecule has 0 aliphatic rings. The number of aryl methyl sites for hydroxylation is 2. The highest BCUT2D eigenvalue weighted by Crippen LogP contribution is 2.43. The number of rotatable bonds is 3. The molecule has 5 rings (SSSR count). The van der Waals surface area contributed by atoms with Gasteiger partial charge in [-0.3, -0.25) is 0 Å². The third kappa shape index (κ3) is 3.16. The van der Waals surface area contributed by atoms with Crippen LogP contribution in [-0.2, 0) is 7.05 Å². The molecule has 0 unspecified atom stereocenters. The summed E-state index contributed by atoms with van der Waals surface area (Å²) in [7, 11) is 2.05. The van der Waals surface area contributed by atoms with Gasteiger partial charge in [0.05, 0.1) is 12.1 Å². The van der Waals surface area contributed by atoms with Gasteiger partial charge in [0, 0.05) is 22.9 Å². The van der Waals surface area contributed by atoms with Crippen molar-refractivity contribution in [2.24, 2.45) is 7.05 Å². The minimum absolute atomic E-state index is 0.477. The summed E-state index contributed by atoms with van der Waals surface area (Å²) >= 11 is 0. The Balaban J connectivity index is 1.86. The predicted octanol–water partition coefficient (Wildman–Crippen LogP) is 7.73. The van der Waals surface area contributed by atoms with E-state index in [2.05, 4.69) is 92.0 Å². The van der Waals surface area contributed by atoms with Crippen LogP contribution in [0.25, 0.3) is 49.2 Å². The van der Waals surface area contributed by atoms with Crippen LogP contribution in [0.5, 0.6) is 0 Å². The molecule has 0 saturated carbocycles. The molecule has 3 heteroatoms. The molecule has 0 radical (unpaired) electrons. The quantitative estimate of drug-likeness (QED) is 0.217. The minimum Gasteiger partial charge on any atom is -0.456 e. The monoisotopic (exact) mass is 417 g/mol. The number of pyridine rings is 1. The molecule has 0 aliphatic heterocycles. The zero-order valence-corrected chi connectivity index (χ0v) is 18.8. The molecule has 0 amide bonds. The first-order valence-electron chi connectivity index (χ1n) is 10.9. The number of hydrogen-bond donors (Lipinski definition) is 0. The summed E-state index contributed by atoms with van der Waals surface area (Å²) in [5.41, 5.74) is 8.99. The Morgan fingerprint density at radius 2 is 1.75 bits per heavy atom. The van der Waals surface area contributed by atoms with E-state index >= 15 is 0 Å². The Kier molecular flexibility index (Phi) is 4.79. The Bertz CT molecular complexity index is 1520. The molecule has 156 valence electrons. The van der Waals surface area contributed by atoms with Crippen LogP contribution in [0, 0.1) is 13.5 Å². The SMILES string of the molecule is [C-]#[N+]c1cc(-c2ccc(C(C)C)cc2)c2c(c1)oc1c(-c3cccc[n+]3C)c(C)ccc12. The third-order valence-corrected chi connectivity index (χ3v) is 6.26. The predicted molar refractivity (Wildman–Crippen MR) is 131 cm³/mol. The van der Waals surface area contributed by atoms with Crippen molar-refractivity contribution in [3.8, 4) is 22.4 Å². The van der Waals surface area contributed by atoms with Crippen LogP contribution in [0.15, 0.2) is 77.3 Å². The fourth-order valence-electron chi connectivity index (χ4n) is 4.49. The van der Waals surface area contributed by atoms with Gasteiger partial charge < -0.3 is 4.42 Å². The summed E-state index contributed by atoms with van der Waals surface area (Å²) in [6.45, 7) is 14.1. The molecule has 0 fully saturated rings. The van der Waals surface area contributed by atoms with Gasteiger partial charge in [-0.05, 0) is 53.3 Å². The molecular formula is C29H25N2O+. The second kappa shape index (κ2) is 7.66. The maximum absolute atomic E-state index is 7.62. The van der Waals surface area contributed by atoms with E-state index in [1.54, 1.807) is 0 Å². The van der Waals surface area contributed by atoms with E-state index in [0.29, 0.717) is 11.6 Å². The average molecular weight is 418 g/mol. The summed E-state index contributed by atoms with van der Waals surface area (Å²) < 4.78 is 8.60. The van der Waals surface area contributed by atoms with Gasteiger partial charge >= 0.3 is 0 Å². The van der Waals surface area contributed by atoms with Gasteiger partial charge in [-0.1, -0.05) is 50.2 Å². The summed E-state index contributed by atoms with van der Waals surface area (Å²) in [6.07, 6.45) is 2.05. The lowest BCUT2D eigenvalue weighted by atomic mass is 9.94. The first-order chi connectivity index (χ1) is 15.5. The van der Waals surface area contributed by atoms with Gasteiger partial charge in [0.2, 0.25) is 5.69 Å². The molecule has 32 heavy (non-hydrogen) atoms. The molecule has 2 aromatic heterocycles. The Morgan fingerprint density at radius 3 is 2.44 bits per heavy atom. The number of nitrogens with zero attached hydrogens (tertiary/aromatic N) is 2. The van der Waals surface area contributed by atoms with Gasteiger partial charge in [-0.2, -0.15) is 0 Å². The van der Waals surface area contributed by atoms with Crippen molar-refractivity contribution in [2.75, 3.05) is 0 Å². The lowest BCUT2D eigenvalue weighted by Crippen LogP contribution is -2.30. The van der Waals surface area contributed by atoms with Crippen LogP contribution in [0.4, 0.5) is 5.69 Å². The summed E-state index contributed by atoms with van der Waals surface area (Å²) in [5, 5.41) is 2.13. The van der Waals surface area contributed by atoms with E-state index in [-0.39, 0.29) is 0 Å². The average Bonchev–Trinajstić information content (AvgIpc) is 3.17. The lowest BCUT2D eigenvalue weighted by Gasteiger charge is -2.09. The van der Waals surface area contributed by atoms with Crippen molar-refractivity contribution in [1.82, 2.24) is 0 Å². The van der Waals surface area contributed by atoms with Gasteiger partial charge in [0.1, 0.15) is 18.2 Å². The number of fused-ring (bicyclic) bond motifs is 3. The van der Waals surface area contributed by atoms with Crippen LogP contribution in [0.1, 0.15) is 30.9 Å². The summed E-state index contributed by atoms with van der Waals surface area (Å²) in [4.78, 5) is 3.72. The van der Waals surface area contributed by atoms with Crippen LogP contribution in [0.2, 0.25) is 0 Å². The molecule has 2 heterocycles. The standard InChI is InChI=1S/C29H25N2O/c1-18(2)20-10-12-21(13-11-20)24-16-22(30-4)17-26-28(24)23-14-9-19(3)27(29(23)32-26)25-8-6-7-15-31(25)5/h6-18H,1-3,5H3/q+1. The largest absolute Gasteiger partial charge is 0.456 e. The topological polar surface area (TPSA) is 21.4 Å². The zero-order chi connectivity index (χ0) is 22.4. The Hall–Kier alpha value is -3.90. The number of hydrogen-bond acceptors (Lipinski definition) is 1. The van der Waals surface area contributed by atoms with Gasteiger partial charge in [-0.25, -0.2) is 9.41 Å². The van der Waals surface area contributed by atoms with Crippen molar-refractivity contribution < 1.29 is 8.98 Å². The number of furan rings is 1. The normalized spacial score (nSPS) is 11.4. The van der Waals surface area contributed by atoms with Crippen molar-refractivity contribution in [2.45, 2.75) is 26.7 Å². The first-order valence-corrected chi connectivity index (χ1v) is 10.9. The fourth-order valence-corrected chi connectivity index (χ4v) is 4.49. The molecule has 0 saturated heterocycles. The van der Waals surface area contributed by atoms with Gasteiger partial charge in [-0.15, -0.1) is 0 Å².